The molecule has 0 unspecified atom stereocenters. The highest BCUT2D eigenvalue weighted by Crippen LogP contribution is 2.28. The molecule has 0 bridgehead atoms. The summed E-state index contributed by atoms with van der Waals surface area (Å²) in [4.78, 5) is 25.9. The molecule has 1 heterocycles. The van der Waals surface area contributed by atoms with Crippen LogP contribution in [0.15, 0.2) is 53.3 Å². The van der Waals surface area contributed by atoms with Gasteiger partial charge in [0.05, 0.1) is 12.1 Å². The van der Waals surface area contributed by atoms with E-state index < -0.39 is 5.97 Å². The first-order valence-electron chi connectivity index (χ1n) is 12.2. The van der Waals surface area contributed by atoms with E-state index in [1.165, 1.54) is 32.1 Å². The number of carboxylic acid groups (broad SMARTS) is 1. The molecule has 1 aromatic heterocycles. The van der Waals surface area contributed by atoms with E-state index in [9.17, 15) is 14.7 Å². The van der Waals surface area contributed by atoms with E-state index in [0.29, 0.717) is 17.0 Å². The van der Waals surface area contributed by atoms with E-state index in [0.717, 1.165) is 36.3 Å². The molecule has 2 aromatic carbocycles. The van der Waals surface area contributed by atoms with Crippen molar-refractivity contribution in [1.82, 2.24) is 9.13 Å². The fourth-order valence-electron chi connectivity index (χ4n) is 5.33. The smallest absolute Gasteiger partial charge is 0.336 e. The third-order valence-electron chi connectivity index (χ3n) is 7.04. The van der Waals surface area contributed by atoms with Gasteiger partial charge < -0.3 is 5.11 Å². The summed E-state index contributed by atoms with van der Waals surface area (Å²) >= 11 is 0. The number of hydrogen-bond donors (Lipinski definition) is 1. The highest BCUT2D eigenvalue weighted by atomic mass is 16.4. The van der Waals surface area contributed by atoms with Crippen LogP contribution in [0.4, 0.5) is 0 Å². The van der Waals surface area contributed by atoms with Crippen LogP contribution in [-0.4, -0.2) is 20.2 Å². The summed E-state index contributed by atoms with van der Waals surface area (Å²) in [7, 11) is 0. The Morgan fingerprint density at radius 2 is 1.73 bits per heavy atom. The molecule has 1 aliphatic carbocycles. The second-order valence-corrected chi connectivity index (χ2v) is 9.28. The van der Waals surface area contributed by atoms with Gasteiger partial charge in [-0.1, -0.05) is 81.1 Å². The van der Waals surface area contributed by atoms with Gasteiger partial charge in [0.15, 0.2) is 0 Å². The van der Waals surface area contributed by atoms with Crippen molar-refractivity contribution < 1.29 is 9.90 Å². The molecule has 0 radical (unpaired) electrons. The molecule has 1 N–H and O–H groups in total. The number of benzene rings is 2. The summed E-state index contributed by atoms with van der Waals surface area (Å²) in [6, 6.07) is 15.2. The van der Waals surface area contributed by atoms with Crippen molar-refractivity contribution in [2.24, 2.45) is 5.92 Å². The minimum absolute atomic E-state index is 0.0111. The predicted molar refractivity (Wildman–Crippen MR) is 132 cm³/mol. The van der Waals surface area contributed by atoms with Crippen molar-refractivity contribution >= 4 is 5.97 Å². The number of aromatic nitrogens is 2. The Bertz CT molecular complexity index is 1170. The van der Waals surface area contributed by atoms with Crippen LogP contribution in [0.25, 0.3) is 11.1 Å². The Balaban J connectivity index is 1.76. The number of hydrogen-bond acceptors (Lipinski definition) is 2. The van der Waals surface area contributed by atoms with Crippen LogP contribution in [-0.2, 0) is 19.5 Å². The molecule has 1 saturated carbocycles. The normalized spacial score (nSPS) is 14.5. The second-order valence-electron chi connectivity index (χ2n) is 9.28. The molecule has 0 saturated heterocycles. The number of aromatic carboxylic acids is 1. The first kappa shape index (κ1) is 23.1. The molecule has 4 rings (SSSR count). The summed E-state index contributed by atoms with van der Waals surface area (Å²) in [5.74, 6) is -0.413. The summed E-state index contributed by atoms with van der Waals surface area (Å²) in [5, 5.41) is 10.1. The fourth-order valence-corrected chi connectivity index (χ4v) is 5.33. The lowest BCUT2D eigenvalue weighted by atomic mass is 9.89. The highest BCUT2D eigenvalue weighted by molar-refractivity contribution is 5.97. The fraction of sp³-hybridized carbons (Fsp3) is 0.429. The van der Waals surface area contributed by atoms with Crippen LogP contribution in [0, 0.1) is 12.8 Å². The standard InChI is InChI=1S/C28H34N2O3/c1-3-11-25-20(2)29(18-21-12-6-4-7-13-21)28(33)30(25)19-23-16-10-17-24(26(23)27(31)32)22-14-8-5-9-15-22/h5,8-10,14-17,21H,3-4,6-7,11-13,18-19H2,1-2H3,(H,31,32). The number of carbonyl (C=O) groups is 1. The number of imidazole rings is 1. The zero-order valence-corrected chi connectivity index (χ0v) is 19.7. The maximum Gasteiger partial charge on any atom is 0.336 e. The topological polar surface area (TPSA) is 64.2 Å². The minimum atomic E-state index is -0.965. The third kappa shape index (κ3) is 4.82. The lowest BCUT2D eigenvalue weighted by molar-refractivity contribution is 0.0696. The van der Waals surface area contributed by atoms with Gasteiger partial charge in [0.25, 0.3) is 0 Å². The van der Waals surface area contributed by atoms with E-state index >= 15 is 0 Å². The van der Waals surface area contributed by atoms with Crippen molar-refractivity contribution in [1.29, 1.82) is 0 Å². The maximum absolute atomic E-state index is 13.6. The van der Waals surface area contributed by atoms with Crippen LogP contribution in [0.2, 0.25) is 0 Å². The lowest BCUT2D eigenvalue weighted by Gasteiger charge is -2.22. The van der Waals surface area contributed by atoms with Gasteiger partial charge in [-0.3, -0.25) is 9.13 Å². The van der Waals surface area contributed by atoms with Crippen molar-refractivity contribution in [3.05, 3.63) is 81.5 Å². The average Bonchev–Trinajstić information content (AvgIpc) is 3.04. The van der Waals surface area contributed by atoms with E-state index in [4.69, 9.17) is 0 Å². The number of carboxylic acids is 1. The predicted octanol–water partition coefficient (Wildman–Crippen LogP) is 5.90. The largest absolute Gasteiger partial charge is 0.478 e. The summed E-state index contributed by atoms with van der Waals surface area (Å²) in [5.41, 5.74) is 4.54. The number of nitrogens with zero attached hydrogens (tertiary/aromatic N) is 2. The van der Waals surface area contributed by atoms with E-state index in [-0.39, 0.29) is 17.8 Å². The summed E-state index contributed by atoms with van der Waals surface area (Å²) in [6.45, 7) is 5.20. The Morgan fingerprint density at radius 1 is 1.00 bits per heavy atom. The minimum Gasteiger partial charge on any atom is -0.478 e. The van der Waals surface area contributed by atoms with Crippen LogP contribution in [0.3, 0.4) is 0 Å². The zero-order valence-electron chi connectivity index (χ0n) is 19.7. The van der Waals surface area contributed by atoms with Gasteiger partial charge in [-0.25, -0.2) is 9.59 Å². The molecular weight excluding hydrogens is 412 g/mol. The van der Waals surface area contributed by atoms with E-state index in [1.54, 1.807) is 0 Å². The van der Waals surface area contributed by atoms with Crippen molar-refractivity contribution in [2.45, 2.75) is 71.9 Å². The molecule has 33 heavy (non-hydrogen) atoms. The Morgan fingerprint density at radius 3 is 2.39 bits per heavy atom. The van der Waals surface area contributed by atoms with Gasteiger partial charge >= 0.3 is 11.7 Å². The molecule has 0 aliphatic heterocycles. The first-order valence-corrected chi connectivity index (χ1v) is 12.2. The summed E-state index contributed by atoms with van der Waals surface area (Å²) < 4.78 is 3.76. The first-order chi connectivity index (χ1) is 16.0. The molecule has 0 atom stereocenters. The quantitative estimate of drug-likeness (QED) is 0.468. The molecular formula is C28H34N2O3. The molecule has 0 spiro atoms. The molecule has 1 aliphatic rings. The van der Waals surface area contributed by atoms with Crippen LogP contribution >= 0.6 is 0 Å². The Labute approximate surface area is 195 Å². The highest BCUT2D eigenvalue weighted by Gasteiger charge is 2.23. The van der Waals surface area contributed by atoms with Crippen LogP contribution in [0.1, 0.15) is 72.8 Å². The number of rotatable bonds is 8. The van der Waals surface area contributed by atoms with Crippen molar-refractivity contribution in [3.8, 4) is 11.1 Å². The van der Waals surface area contributed by atoms with Gasteiger partial charge in [0, 0.05) is 17.9 Å². The molecule has 3 aromatic rings. The second kappa shape index (κ2) is 10.2. The third-order valence-corrected chi connectivity index (χ3v) is 7.04. The Hall–Kier alpha value is -3.08. The molecule has 5 nitrogen and oxygen atoms in total. The van der Waals surface area contributed by atoms with Crippen LogP contribution < -0.4 is 5.69 Å². The average molecular weight is 447 g/mol. The van der Waals surface area contributed by atoms with Crippen molar-refractivity contribution in [3.63, 3.8) is 0 Å². The van der Waals surface area contributed by atoms with E-state index in [2.05, 4.69) is 6.92 Å². The molecule has 5 heteroatoms. The molecule has 174 valence electrons. The SMILES string of the molecule is CCCc1c(C)n(CC2CCCCC2)c(=O)n1Cc1cccc(-c2ccccc2)c1C(=O)O. The maximum atomic E-state index is 13.6. The Kier molecular flexibility index (Phi) is 7.17. The van der Waals surface area contributed by atoms with Gasteiger partial charge in [0.1, 0.15) is 0 Å². The van der Waals surface area contributed by atoms with Gasteiger partial charge in [0.2, 0.25) is 0 Å². The van der Waals surface area contributed by atoms with Gasteiger partial charge in [-0.2, -0.15) is 0 Å². The lowest BCUT2D eigenvalue weighted by Crippen LogP contribution is -2.29. The van der Waals surface area contributed by atoms with E-state index in [1.807, 2.05) is 64.6 Å². The van der Waals surface area contributed by atoms with Crippen LogP contribution in [0.5, 0.6) is 0 Å². The van der Waals surface area contributed by atoms with Gasteiger partial charge in [-0.05, 0) is 48.8 Å². The van der Waals surface area contributed by atoms with Crippen molar-refractivity contribution in [2.75, 3.05) is 0 Å². The molecule has 1 fully saturated rings. The monoisotopic (exact) mass is 446 g/mol. The molecule has 0 amide bonds. The summed E-state index contributed by atoms with van der Waals surface area (Å²) in [6.07, 6.45) is 7.89. The van der Waals surface area contributed by atoms with Gasteiger partial charge in [-0.15, -0.1) is 0 Å². The zero-order chi connectivity index (χ0) is 23.4.